The Morgan fingerprint density at radius 3 is 2.69 bits per heavy atom. The van der Waals surface area contributed by atoms with Crippen molar-refractivity contribution in [2.75, 3.05) is 7.11 Å². The van der Waals surface area contributed by atoms with Crippen LogP contribution in [0.3, 0.4) is 0 Å². The van der Waals surface area contributed by atoms with Gasteiger partial charge in [0, 0.05) is 38.0 Å². The number of amides is 1. The smallest absolute Gasteiger partial charge is 0.272 e. The largest absolute Gasteiger partial charge is 0.497 e. The molecule has 132 valence electrons. The number of methoxy groups -OCH3 is 1. The molecule has 0 N–H and O–H groups in total. The number of fused-ring (bicyclic) bond motifs is 1. The van der Waals surface area contributed by atoms with Crippen LogP contribution in [0.2, 0.25) is 0 Å². The molecule has 1 amide bonds. The van der Waals surface area contributed by atoms with E-state index < -0.39 is 0 Å². The summed E-state index contributed by atoms with van der Waals surface area (Å²) >= 11 is 0. The van der Waals surface area contributed by atoms with Crippen LogP contribution in [0.25, 0.3) is 0 Å². The van der Waals surface area contributed by atoms with E-state index in [9.17, 15) is 4.79 Å². The number of benzene rings is 1. The van der Waals surface area contributed by atoms with E-state index in [-0.39, 0.29) is 5.91 Å². The fourth-order valence-corrected chi connectivity index (χ4v) is 3.10. The number of hydrogen-bond acceptors (Lipinski definition) is 5. The van der Waals surface area contributed by atoms with E-state index in [0.717, 1.165) is 28.4 Å². The highest BCUT2D eigenvalue weighted by Crippen LogP contribution is 2.23. The summed E-state index contributed by atoms with van der Waals surface area (Å²) < 4.78 is 6.77. The van der Waals surface area contributed by atoms with Crippen LogP contribution in [0.1, 0.15) is 33.1 Å². The topological polar surface area (TPSA) is 73.1 Å². The zero-order valence-electron chi connectivity index (χ0n) is 14.7. The zero-order valence-corrected chi connectivity index (χ0v) is 14.7. The summed E-state index contributed by atoms with van der Waals surface area (Å²) in [5, 5.41) is 4.06. The van der Waals surface area contributed by atoms with Gasteiger partial charge in [0.15, 0.2) is 0 Å². The second-order valence-corrected chi connectivity index (χ2v) is 6.28. The second-order valence-electron chi connectivity index (χ2n) is 6.28. The number of ether oxygens (including phenoxy) is 1. The highest BCUT2D eigenvalue weighted by atomic mass is 16.5. The molecule has 0 bridgehead atoms. The van der Waals surface area contributed by atoms with Gasteiger partial charge in [-0.25, -0.2) is 9.97 Å². The van der Waals surface area contributed by atoms with Crippen LogP contribution in [0.15, 0.2) is 42.7 Å². The van der Waals surface area contributed by atoms with Gasteiger partial charge in [0.25, 0.3) is 5.91 Å². The molecule has 7 heteroatoms. The summed E-state index contributed by atoms with van der Waals surface area (Å²) in [6, 6.07) is 9.60. The van der Waals surface area contributed by atoms with Gasteiger partial charge in [0.05, 0.1) is 19.3 Å². The van der Waals surface area contributed by atoms with E-state index in [1.54, 1.807) is 36.0 Å². The van der Waals surface area contributed by atoms with E-state index >= 15 is 0 Å². The molecule has 1 aromatic carbocycles. The Morgan fingerprint density at radius 1 is 1.19 bits per heavy atom. The van der Waals surface area contributed by atoms with E-state index in [1.165, 1.54) is 0 Å². The van der Waals surface area contributed by atoms with Crippen LogP contribution in [0.4, 0.5) is 0 Å². The van der Waals surface area contributed by atoms with Crippen molar-refractivity contribution in [1.82, 2.24) is 24.6 Å². The first-order chi connectivity index (χ1) is 12.6. The van der Waals surface area contributed by atoms with E-state index in [2.05, 4.69) is 15.1 Å². The van der Waals surface area contributed by atoms with E-state index in [4.69, 9.17) is 4.74 Å². The molecule has 0 fully saturated rings. The highest BCUT2D eigenvalue weighted by molar-refractivity contribution is 5.92. The van der Waals surface area contributed by atoms with Crippen molar-refractivity contribution < 1.29 is 9.53 Å². The zero-order chi connectivity index (χ0) is 18.1. The summed E-state index contributed by atoms with van der Waals surface area (Å²) in [5.74, 6) is 1.54. The Balaban J connectivity index is 1.49. The molecule has 2 aromatic heterocycles. The summed E-state index contributed by atoms with van der Waals surface area (Å²) in [7, 11) is 3.42. The molecule has 1 aliphatic heterocycles. The van der Waals surface area contributed by atoms with Crippen LogP contribution < -0.4 is 4.74 Å². The molecule has 0 spiro atoms. The van der Waals surface area contributed by atoms with Gasteiger partial charge < -0.3 is 9.64 Å². The molecule has 26 heavy (non-hydrogen) atoms. The predicted octanol–water partition coefficient (Wildman–Crippen LogP) is 1.97. The first-order valence-electron chi connectivity index (χ1n) is 8.38. The van der Waals surface area contributed by atoms with Crippen LogP contribution >= 0.6 is 0 Å². The maximum Gasteiger partial charge on any atom is 0.272 e. The van der Waals surface area contributed by atoms with Crippen molar-refractivity contribution in [1.29, 1.82) is 0 Å². The third-order valence-corrected chi connectivity index (χ3v) is 4.55. The van der Waals surface area contributed by atoms with Crippen LogP contribution in [-0.2, 0) is 26.6 Å². The Hall–Kier alpha value is -3.22. The first-order valence-corrected chi connectivity index (χ1v) is 8.38. The minimum Gasteiger partial charge on any atom is -0.497 e. The van der Waals surface area contributed by atoms with E-state index in [1.807, 2.05) is 30.5 Å². The van der Waals surface area contributed by atoms with Crippen molar-refractivity contribution in [3.8, 4) is 5.75 Å². The second kappa shape index (κ2) is 6.59. The maximum absolute atomic E-state index is 12.6. The van der Waals surface area contributed by atoms with Gasteiger partial charge in [-0.1, -0.05) is 12.1 Å². The number of hydrogen-bond donors (Lipinski definition) is 0. The van der Waals surface area contributed by atoms with Gasteiger partial charge in [-0.2, -0.15) is 5.10 Å². The van der Waals surface area contributed by atoms with Gasteiger partial charge in [-0.15, -0.1) is 0 Å². The van der Waals surface area contributed by atoms with Crippen molar-refractivity contribution in [2.24, 2.45) is 7.05 Å². The number of aromatic nitrogens is 4. The molecule has 4 rings (SSSR count). The molecule has 0 unspecified atom stereocenters. The fourth-order valence-electron chi connectivity index (χ4n) is 3.10. The predicted molar refractivity (Wildman–Crippen MR) is 94.6 cm³/mol. The number of nitrogens with zero attached hydrogens (tertiary/aromatic N) is 5. The van der Waals surface area contributed by atoms with Crippen molar-refractivity contribution >= 4 is 5.91 Å². The number of rotatable bonds is 4. The summed E-state index contributed by atoms with van der Waals surface area (Å²) in [5.41, 5.74) is 3.61. The van der Waals surface area contributed by atoms with Crippen LogP contribution in [0.5, 0.6) is 5.75 Å². The molecule has 3 heterocycles. The lowest BCUT2D eigenvalue weighted by atomic mass is 10.1. The molecule has 1 aliphatic rings. The van der Waals surface area contributed by atoms with Crippen molar-refractivity contribution in [3.63, 3.8) is 0 Å². The minimum atomic E-state index is -0.0419. The molecule has 0 saturated carbocycles. The number of aryl methyl sites for hydroxylation is 1. The first kappa shape index (κ1) is 16.3. The standard InChI is InChI=1S/C19H19N5O2/c1-23-17(7-8-21-23)19(25)24-11-14-10-20-18(22-16(14)12-24)9-13-3-5-15(26-2)6-4-13/h3-8,10H,9,11-12H2,1-2H3. The third kappa shape index (κ3) is 3.03. The summed E-state index contributed by atoms with van der Waals surface area (Å²) in [6.45, 7) is 1.03. The molecule has 3 aromatic rings. The lowest BCUT2D eigenvalue weighted by molar-refractivity contribution is 0.0739. The molecule has 0 saturated heterocycles. The van der Waals surface area contributed by atoms with Crippen LogP contribution in [-0.4, -0.2) is 37.7 Å². The van der Waals surface area contributed by atoms with Crippen molar-refractivity contribution in [3.05, 3.63) is 71.1 Å². The van der Waals surface area contributed by atoms with Gasteiger partial charge in [-0.3, -0.25) is 9.48 Å². The average molecular weight is 349 g/mol. The third-order valence-electron chi connectivity index (χ3n) is 4.55. The normalized spacial score (nSPS) is 12.9. The Labute approximate surface area is 151 Å². The fraction of sp³-hybridized carbons (Fsp3) is 0.263. The SMILES string of the molecule is COc1ccc(Cc2ncc3c(n2)CN(C(=O)c2ccnn2C)C3)cc1. The Kier molecular flexibility index (Phi) is 4.12. The quantitative estimate of drug-likeness (QED) is 0.720. The monoisotopic (exact) mass is 349 g/mol. The van der Waals surface area contributed by atoms with Gasteiger partial charge >= 0.3 is 0 Å². The maximum atomic E-state index is 12.6. The lowest BCUT2D eigenvalue weighted by Gasteiger charge is -2.14. The van der Waals surface area contributed by atoms with Crippen LogP contribution in [0, 0.1) is 0 Å². The highest BCUT2D eigenvalue weighted by Gasteiger charge is 2.27. The molecular formula is C19H19N5O2. The summed E-state index contributed by atoms with van der Waals surface area (Å²) in [4.78, 5) is 23.5. The van der Waals surface area contributed by atoms with Gasteiger partial charge in [0.2, 0.25) is 0 Å². The van der Waals surface area contributed by atoms with Gasteiger partial charge in [-0.05, 0) is 23.8 Å². The molecule has 0 radical (unpaired) electrons. The molecule has 7 nitrogen and oxygen atoms in total. The Morgan fingerprint density at radius 2 is 2.00 bits per heavy atom. The Bertz CT molecular complexity index is 949. The average Bonchev–Trinajstić information content (AvgIpc) is 3.27. The summed E-state index contributed by atoms with van der Waals surface area (Å²) in [6.07, 6.45) is 4.11. The molecule has 0 atom stereocenters. The van der Waals surface area contributed by atoms with Crippen molar-refractivity contribution in [2.45, 2.75) is 19.5 Å². The minimum absolute atomic E-state index is 0.0419. The van der Waals surface area contributed by atoms with Gasteiger partial charge in [0.1, 0.15) is 17.3 Å². The molecular weight excluding hydrogens is 330 g/mol. The molecule has 0 aliphatic carbocycles. The number of carbonyl (C=O) groups is 1. The lowest BCUT2D eigenvalue weighted by Crippen LogP contribution is -2.27. The number of carbonyl (C=O) groups excluding carboxylic acids is 1. The van der Waals surface area contributed by atoms with E-state index in [0.29, 0.717) is 25.2 Å².